The van der Waals surface area contributed by atoms with Gasteiger partial charge in [-0.3, -0.25) is 14.5 Å². The lowest BCUT2D eigenvalue weighted by Gasteiger charge is -2.21. The van der Waals surface area contributed by atoms with E-state index in [4.69, 9.17) is 5.73 Å². The summed E-state index contributed by atoms with van der Waals surface area (Å²) < 4.78 is 0. The molecule has 1 aliphatic rings. The second kappa shape index (κ2) is 8.48. The van der Waals surface area contributed by atoms with E-state index in [-0.39, 0.29) is 11.8 Å². The molecular formula is C12H22BrN3O2. The molecule has 1 heterocycles. The van der Waals surface area contributed by atoms with Gasteiger partial charge in [0.05, 0.1) is 6.54 Å². The van der Waals surface area contributed by atoms with E-state index in [9.17, 15) is 9.59 Å². The number of hydrogen-bond acceptors (Lipinski definition) is 3. The highest BCUT2D eigenvalue weighted by Gasteiger charge is 2.19. The third-order valence-corrected chi connectivity index (χ3v) is 3.66. The highest BCUT2D eigenvalue weighted by atomic mass is 79.9. The molecule has 104 valence electrons. The summed E-state index contributed by atoms with van der Waals surface area (Å²) >= 11 is 3.36. The van der Waals surface area contributed by atoms with E-state index in [0.29, 0.717) is 19.5 Å². The second-order valence-corrected chi connectivity index (χ2v) is 5.42. The fourth-order valence-electron chi connectivity index (χ4n) is 2.13. The second-order valence-electron chi connectivity index (χ2n) is 4.62. The predicted octanol–water partition coefficient (Wildman–Crippen LogP) is 0.571. The first-order chi connectivity index (χ1) is 8.63. The Morgan fingerprint density at radius 1 is 1.11 bits per heavy atom. The van der Waals surface area contributed by atoms with Crippen molar-refractivity contribution in [2.45, 2.75) is 25.7 Å². The summed E-state index contributed by atoms with van der Waals surface area (Å²) in [5, 5.41) is 0.951. The van der Waals surface area contributed by atoms with Crippen LogP contribution in [0.3, 0.4) is 0 Å². The molecule has 1 aliphatic heterocycles. The summed E-state index contributed by atoms with van der Waals surface area (Å²) in [5.41, 5.74) is 5.18. The summed E-state index contributed by atoms with van der Waals surface area (Å²) in [4.78, 5) is 26.8. The number of halogens is 1. The van der Waals surface area contributed by atoms with Crippen LogP contribution in [0.4, 0.5) is 0 Å². The van der Waals surface area contributed by atoms with Crippen molar-refractivity contribution in [1.29, 1.82) is 0 Å². The SMILES string of the molecule is NC(=O)CN1CCCN(C(=O)CCCCBr)CC1. The average molecular weight is 320 g/mol. The summed E-state index contributed by atoms with van der Waals surface area (Å²) in [6, 6.07) is 0. The van der Waals surface area contributed by atoms with E-state index < -0.39 is 0 Å². The molecule has 1 saturated heterocycles. The lowest BCUT2D eigenvalue weighted by molar-refractivity contribution is -0.131. The Balaban J connectivity index is 2.32. The van der Waals surface area contributed by atoms with Crippen molar-refractivity contribution in [2.75, 3.05) is 38.1 Å². The van der Waals surface area contributed by atoms with Gasteiger partial charge < -0.3 is 10.6 Å². The van der Waals surface area contributed by atoms with Gasteiger partial charge in [-0.25, -0.2) is 0 Å². The maximum atomic E-state index is 12.0. The van der Waals surface area contributed by atoms with Crippen LogP contribution in [-0.2, 0) is 9.59 Å². The molecule has 0 radical (unpaired) electrons. The monoisotopic (exact) mass is 319 g/mol. The minimum absolute atomic E-state index is 0.233. The minimum atomic E-state index is -0.299. The van der Waals surface area contributed by atoms with Crippen LogP contribution < -0.4 is 5.73 Å². The van der Waals surface area contributed by atoms with Gasteiger partial charge in [0.25, 0.3) is 0 Å². The molecule has 0 aromatic heterocycles. The number of carbonyl (C=O) groups is 2. The zero-order chi connectivity index (χ0) is 13.4. The topological polar surface area (TPSA) is 66.6 Å². The van der Waals surface area contributed by atoms with Crippen molar-refractivity contribution < 1.29 is 9.59 Å². The Labute approximate surface area is 117 Å². The van der Waals surface area contributed by atoms with Crippen molar-refractivity contribution >= 4 is 27.7 Å². The number of rotatable bonds is 6. The first-order valence-corrected chi connectivity index (χ1v) is 7.60. The fourth-order valence-corrected chi connectivity index (χ4v) is 2.52. The third-order valence-electron chi connectivity index (χ3n) is 3.09. The Morgan fingerprint density at radius 3 is 2.56 bits per heavy atom. The molecule has 1 rings (SSSR count). The van der Waals surface area contributed by atoms with Gasteiger partial charge in [0, 0.05) is 37.9 Å². The lowest BCUT2D eigenvalue weighted by Crippen LogP contribution is -2.38. The molecule has 0 atom stereocenters. The van der Waals surface area contributed by atoms with Crippen LogP contribution in [0.2, 0.25) is 0 Å². The molecule has 0 aromatic rings. The summed E-state index contributed by atoms with van der Waals surface area (Å²) in [6.45, 7) is 3.38. The number of unbranched alkanes of at least 4 members (excludes halogenated alkanes) is 1. The van der Waals surface area contributed by atoms with E-state index in [1.807, 2.05) is 9.80 Å². The van der Waals surface area contributed by atoms with Crippen molar-refractivity contribution in [3.8, 4) is 0 Å². The average Bonchev–Trinajstić information content (AvgIpc) is 2.54. The van der Waals surface area contributed by atoms with E-state index in [2.05, 4.69) is 15.9 Å². The normalized spacial score (nSPS) is 17.5. The summed E-state index contributed by atoms with van der Waals surface area (Å²) in [6.07, 6.45) is 3.51. The Bertz CT molecular complexity index is 286. The van der Waals surface area contributed by atoms with Gasteiger partial charge in [0.1, 0.15) is 0 Å². The van der Waals surface area contributed by atoms with Crippen LogP contribution in [-0.4, -0.2) is 59.7 Å². The summed E-state index contributed by atoms with van der Waals surface area (Å²) in [7, 11) is 0. The maximum absolute atomic E-state index is 12.0. The van der Waals surface area contributed by atoms with Crippen molar-refractivity contribution in [3.63, 3.8) is 0 Å². The smallest absolute Gasteiger partial charge is 0.231 e. The molecule has 0 unspecified atom stereocenters. The van der Waals surface area contributed by atoms with Gasteiger partial charge in [0.2, 0.25) is 11.8 Å². The Kier molecular flexibility index (Phi) is 7.27. The van der Waals surface area contributed by atoms with Gasteiger partial charge in [-0.05, 0) is 19.3 Å². The first kappa shape index (κ1) is 15.4. The minimum Gasteiger partial charge on any atom is -0.369 e. The Hall–Kier alpha value is -0.620. The van der Waals surface area contributed by atoms with Crippen LogP contribution in [0.15, 0.2) is 0 Å². The first-order valence-electron chi connectivity index (χ1n) is 6.48. The largest absolute Gasteiger partial charge is 0.369 e. The zero-order valence-electron chi connectivity index (χ0n) is 10.7. The van der Waals surface area contributed by atoms with Crippen LogP contribution >= 0.6 is 15.9 Å². The number of nitrogens with two attached hydrogens (primary N) is 1. The molecule has 0 bridgehead atoms. The van der Waals surface area contributed by atoms with E-state index >= 15 is 0 Å². The third kappa shape index (κ3) is 5.82. The quantitative estimate of drug-likeness (QED) is 0.575. The molecule has 0 aromatic carbocycles. The molecule has 0 aliphatic carbocycles. The molecular weight excluding hydrogens is 298 g/mol. The molecule has 0 saturated carbocycles. The number of nitrogens with zero attached hydrogens (tertiary/aromatic N) is 2. The van der Waals surface area contributed by atoms with E-state index in [0.717, 1.165) is 44.2 Å². The van der Waals surface area contributed by atoms with Crippen LogP contribution in [0, 0.1) is 0 Å². The summed E-state index contributed by atoms with van der Waals surface area (Å²) in [5.74, 6) is -0.0658. The van der Waals surface area contributed by atoms with Crippen LogP contribution in [0.25, 0.3) is 0 Å². The number of amides is 2. The number of hydrogen-bond donors (Lipinski definition) is 1. The zero-order valence-corrected chi connectivity index (χ0v) is 12.3. The molecule has 2 N–H and O–H groups in total. The highest BCUT2D eigenvalue weighted by molar-refractivity contribution is 9.09. The van der Waals surface area contributed by atoms with Crippen LogP contribution in [0.5, 0.6) is 0 Å². The molecule has 6 heteroatoms. The van der Waals surface area contributed by atoms with Gasteiger partial charge in [0.15, 0.2) is 0 Å². The molecule has 18 heavy (non-hydrogen) atoms. The van der Waals surface area contributed by atoms with Gasteiger partial charge in [-0.15, -0.1) is 0 Å². The number of primary amides is 1. The van der Waals surface area contributed by atoms with E-state index in [1.54, 1.807) is 0 Å². The number of alkyl halides is 1. The van der Waals surface area contributed by atoms with Crippen molar-refractivity contribution in [2.24, 2.45) is 5.73 Å². The van der Waals surface area contributed by atoms with Crippen molar-refractivity contribution in [1.82, 2.24) is 9.80 Å². The Morgan fingerprint density at radius 2 is 1.89 bits per heavy atom. The molecule has 2 amide bonds. The molecule has 1 fully saturated rings. The van der Waals surface area contributed by atoms with Crippen LogP contribution in [0.1, 0.15) is 25.7 Å². The van der Waals surface area contributed by atoms with Gasteiger partial charge in [-0.1, -0.05) is 15.9 Å². The molecule has 0 spiro atoms. The van der Waals surface area contributed by atoms with Gasteiger partial charge >= 0.3 is 0 Å². The maximum Gasteiger partial charge on any atom is 0.231 e. The number of carbonyl (C=O) groups excluding carboxylic acids is 2. The van der Waals surface area contributed by atoms with Gasteiger partial charge in [-0.2, -0.15) is 0 Å². The fraction of sp³-hybridized carbons (Fsp3) is 0.833. The molecule has 5 nitrogen and oxygen atoms in total. The van der Waals surface area contributed by atoms with Crippen molar-refractivity contribution in [3.05, 3.63) is 0 Å². The standard InChI is InChI=1S/C12H22BrN3O2/c13-5-2-1-4-12(18)16-7-3-6-15(8-9-16)10-11(14)17/h1-10H2,(H2,14,17). The lowest BCUT2D eigenvalue weighted by atomic mass is 10.2. The predicted molar refractivity (Wildman–Crippen MR) is 74.5 cm³/mol. The highest BCUT2D eigenvalue weighted by Crippen LogP contribution is 2.07. The van der Waals surface area contributed by atoms with E-state index in [1.165, 1.54) is 0 Å².